The number of hydrogen-bond acceptors (Lipinski definition) is 5. The number of methoxy groups -OCH3 is 1. The van der Waals surface area contributed by atoms with Gasteiger partial charge in [-0.2, -0.15) is 0 Å². The maximum absolute atomic E-state index is 13.9. The Labute approximate surface area is 152 Å². The van der Waals surface area contributed by atoms with Crippen LogP contribution in [0.25, 0.3) is 10.9 Å². The summed E-state index contributed by atoms with van der Waals surface area (Å²) in [6, 6.07) is 5.31. The molecule has 0 spiro atoms. The molecule has 6 nitrogen and oxygen atoms in total. The average molecular weight is 361 g/mol. The molecule has 3 rings (SSSR count). The molecule has 2 heterocycles. The van der Waals surface area contributed by atoms with Crippen molar-refractivity contribution in [3.05, 3.63) is 30.2 Å². The molecule has 0 bridgehead atoms. The van der Waals surface area contributed by atoms with Gasteiger partial charge in [0.1, 0.15) is 0 Å². The molecule has 1 fully saturated rings. The van der Waals surface area contributed by atoms with E-state index < -0.39 is 11.8 Å². The number of pyridine rings is 1. The Morgan fingerprint density at radius 3 is 2.77 bits per heavy atom. The van der Waals surface area contributed by atoms with Gasteiger partial charge in [0.25, 0.3) is 0 Å². The summed E-state index contributed by atoms with van der Waals surface area (Å²) in [4.78, 5) is 19.6. The molecule has 0 aliphatic carbocycles. The van der Waals surface area contributed by atoms with Crippen LogP contribution in [0.4, 0.5) is 10.1 Å². The monoisotopic (exact) mass is 361 g/mol. The first-order valence-corrected chi connectivity index (χ1v) is 8.86. The van der Waals surface area contributed by atoms with E-state index in [9.17, 15) is 9.18 Å². The van der Waals surface area contributed by atoms with Crippen molar-refractivity contribution in [3.63, 3.8) is 0 Å². The number of aliphatic carboxylic acids is 1. The van der Waals surface area contributed by atoms with Crippen LogP contribution in [0.15, 0.2) is 24.4 Å². The molecule has 0 amide bonds. The zero-order valence-corrected chi connectivity index (χ0v) is 15.1. The summed E-state index contributed by atoms with van der Waals surface area (Å²) < 4.78 is 19.1. The summed E-state index contributed by atoms with van der Waals surface area (Å²) in [5, 5.41) is 9.93. The van der Waals surface area contributed by atoms with Crippen LogP contribution in [-0.4, -0.2) is 60.3 Å². The van der Waals surface area contributed by atoms with Crippen LogP contribution in [0.2, 0.25) is 0 Å². The highest BCUT2D eigenvalue weighted by atomic mass is 19.1. The number of hydrogen-bond donors (Lipinski definition) is 1. The first-order chi connectivity index (χ1) is 12.5. The van der Waals surface area contributed by atoms with Gasteiger partial charge >= 0.3 is 5.97 Å². The highest BCUT2D eigenvalue weighted by molar-refractivity contribution is 5.92. The van der Waals surface area contributed by atoms with Crippen molar-refractivity contribution in [2.75, 3.05) is 38.2 Å². The number of nitrogens with zero attached hydrogens (tertiary/aromatic N) is 3. The molecule has 0 atom stereocenters. The van der Waals surface area contributed by atoms with Gasteiger partial charge in [0.2, 0.25) is 0 Å². The molecule has 1 aliphatic rings. The highest BCUT2D eigenvalue weighted by Gasteiger charge is 2.26. The van der Waals surface area contributed by atoms with E-state index in [1.165, 1.54) is 13.2 Å². The number of piperidine rings is 1. The fourth-order valence-electron chi connectivity index (χ4n) is 3.71. The second-order valence-corrected chi connectivity index (χ2v) is 6.51. The first kappa shape index (κ1) is 18.4. The summed E-state index contributed by atoms with van der Waals surface area (Å²) in [5.41, 5.74) is 1.61. The summed E-state index contributed by atoms with van der Waals surface area (Å²) in [7, 11) is 1.45. The molecule has 1 aliphatic heterocycles. The van der Waals surface area contributed by atoms with E-state index in [2.05, 4.69) is 9.88 Å². The van der Waals surface area contributed by atoms with E-state index in [1.807, 2.05) is 17.9 Å². The van der Waals surface area contributed by atoms with Gasteiger partial charge in [0, 0.05) is 42.5 Å². The number of likely N-dealkylation sites (N-methyl/N-ethyl adjacent to an activating group) is 1. The molecule has 1 N–H and O–H groups in total. The quantitative estimate of drug-likeness (QED) is 0.853. The minimum absolute atomic E-state index is 0.0792. The number of carbonyl (C=O) groups is 1. The smallest absolute Gasteiger partial charge is 0.317 e. The van der Waals surface area contributed by atoms with Crippen molar-refractivity contribution in [2.24, 2.45) is 0 Å². The van der Waals surface area contributed by atoms with Crippen LogP contribution in [-0.2, 0) is 4.79 Å². The number of ether oxygens (including phenoxy) is 1. The van der Waals surface area contributed by atoms with E-state index >= 15 is 0 Å². The Balaban J connectivity index is 1.80. The average Bonchev–Trinajstić information content (AvgIpc) is 2.65. The molecule has 26 heavy (non-hydrogen) atoms. The predicted octanol–water partition coefficient (Wildman–Crippen LogP) is 2.76. The Morgan fingerprint density at radius 1 is 1.42 bits per heavy atom. The lowest BCUT2D eigenvalue weighted by atomic mass is 10.0. The normalized spacial score (nSPS) is 15.6. The van der Waals surface area contributed by atoms with Gasteiger partial charge in [-0.1, -0.05) is 6.92 Å². The van der Waals surface area contributed by atoms with Crippen molar-refractivity contribution in [1.82, 2.24) is 9.88 Å². The van der Waals surface area contributed by atoms with E-state index in [0.717, 1.165) is 43.5 Å². The number of fused-ring (bicyclic) bond motifs is 1. The molecule has 1 aromatic heterocycles. The SMILES string of the molecule is CCN(CC(=O)O)C1CCN(c2ccnc3cc(F)c(OC)cc23)CC1. The summed E-state index contributed by atoms with van der Waals surface area (Å²) in [5.74, 6) is -1.00. The summed E-state index contributed by atoms with van der Waals surface area (Å²) >= 11 is 0. The van der Waals surface area contributed by atoms with Gasteiger partial charge in [-0.15, -0.1) is 0 Å². The minimum Gasteiger partial charge on any atom is -0.494 e. The van der Waals surface area contributed by atoms with E-state index in [4.69, 9.17) is 9.84 Å². The number of anilines is 1. The van der Waals surface area contributed by atoms with Crippen molar-refractivity contribution in [2.45, 2.75) is 25.8 Å². The van der Waals surface area contributed by atoms with E-state index in [-0.39, 0.29) is 18.3 Å². The van der Waals surface area contributed by atoms with Gasteiger partial charge in [0.15, 0.2) is 11.6 Å². The van der Waals surface area contributed by atoms with Crippen LogP contribution in [0, 0.1) is 5.82 Å². The Bertz CT molecular complexity index is 791. The molecular formula is C19H24FN3O3. The van der Waals surface area contributed by atoms with Crippen molar-refractivity contribution < 1.29 is 19.0 Å². The zero-order valence-electron chi connectivity index (χ0n) is 15.1. The zero-order chi connectivity index (χ0) is 18.7. The van der Waals surface area contributed by atoms with Gasteiger partial charge in [-0.05, 0) is 31.5 Å². The fraction of sp³-hybridized carbons (Fsp3) is 0.474. The minimum atomic E-state index is -0.788. The summed E-state index contributed by atoms with van der Waals surface area (Å²) in [6.45, 7) is 4.44. The van der Waals surface area contributed by atoms with Gasteiger partial charge in [0.05, 0.1) is 19.2 Å². The molecular weight excluding hydrogens is 337 g/mol. The molecule has 0 saturated carbocycles. The first-order valence-electron chi connectivity index (χ1n) is 8.86. The Morgan fingerprint density at radius 2 is 2.15 bits per heavy atom. The summed E-state index contributed by atoms with van der Waals surface area (Å²) in [6.07, 6.45) is 3.48. The maximum Gasteiger partial charge on any atom is 0.317 e. The van der Waals surface area contributed by atoms with Gasteiger partial charge < -0.3 is 14.7 Å². The topological polar surface area (TPSA) is 65.9 Å². The lowest BCUT2D eigenvalue weighted by Crippen LogP contribution is -2.46. The maximum atomic E-state index is 13.9. The van der Waals surface area contributed by atoms with Crippen LogP contribution in [0.5, 0.6) is 5.75 Å². The standard InChI is InChI=1S/C19H24FN3O3/c1-3-22(12-19(24)25)13-5-8-23(9-6-13)17-4-7-21-16-11-15(20)18(26-2)10-14(16)17/h4,7,10-11,13H,3,5-6,8-9,12H2,1-2H3,(H,24,25). The van der Waals surface area contributed by atoms with Crippen molar-refractivity contribution >= 4 is 22.6 Å². The molecule has 1 aromatic carbocycles. The van der Waals surface area contributed by atoms with Crippen LogP contribution < -0.4 is 9.64 Å². The fourth-order valence-corrected chi connectivity index (χ4v) is 3.71. The molecule has 2 aromatic rings. The molecule has 140 valence electrons. The second kappa shape index (κ2) is 7.86. The molecule has 0 unspecified atom stereocenters. The van der Waals surface area contributed by atoms with Crippen molar-refractivity contribution in [3.8, 4) is 5.75 Å². The Hall–Kier alpha value is -2.41. The number of carboxylic acids is 1. The Kier molecular flexibility index (Phi) is 5.56. The molecule has 1 saturated heterocycles. The van der Waals surface area contributed by atoms with Crippen LogP contribution in [0.1, 0.15) is 19.8 Å². The molecule has 7 heteroatoms. The lowest BCUT2D eigenvalue weighted by molar-refractivity contribution is -0.139. The van der Waals surface area contributed by atoms with Gasteiger partial charge in [-0.3, -0.25) is 14.7 Å². The van der Waals surface area contributed by atoms with Crippen LogP contribution >= 0.6 is 0 Å². The van der Waals surface area contributed by atoms with Crippen molar-refractivity contribution in [1.29, 1.82) is 0 Å². The number of benzene rings is 1. The largest absolute Gasteiger partial charge is 0.494 e. The third kappa shape index (κ3) is 3.72. The number of rotatable bonds is 6. The van der Waals surface area contributed by atoms with Gasteiger partial charge in [-0.25, -0.2) is 4.39 Å². The predicted molar refractivity (Wildman–Crippen MR) is 98.4 cm³/mol. The number of halogens is 1. The third-order valence-electron chi connectivity index (χ3n) is 5.06. The third-order valence-corrected chi connectivity index (χ3v) is 5.06. The number of carboxylic acid groups (broad SMARTS) is 1. The number of aromatic nitrogens is 1. The lowest BCUT2D eigenvalue weighted by Gasteiger charge is -2.38. The van der Waals surface area contributed by atoms with E-state index in [0.29, 0.717) is 5.52 Å². The molecule has 0 radical (unpaired) electrons. The van der Waals surface area contributed by atoms with E-state index in [1.54, 1.807) is 12.3 Å². The second-order valence-electron chi connectivity index (χ2n) is 6.51. The highest BCUT2D eigenvalue weighted by Crippen LogP contribution is 2.32. The van der Waals surface area contributed by atoms with Crippen LogP contribution in [0.3, 0.4) is 0 Å².